The van der Waals surface area contributed by atoms with Gasteiger partial charge in [0.25, 0.3) is 5.89 Å². The average molecular weight is 366 g/mol. The third-order valence-corrected chi connectivity index (χ3v) is 4.86. The van der Waals surface area contributed by atoms with E-state index in [-0.39, 0.29) is 11.9 Å². The van der Waals surface area contributed by atoms with E-state index in [9.17, 15) is 4.79 Å². The lowest BCUT2D eigenvalue weighted by Crippen LogP contribution is -2.35. The minimum absolute atomic E-state index is 0.0865. The molecule has 1 amide bonds. The van der Waals surface area contributed by atoms with Gasteiger partial charge in [-0.2, -0.15) is 10.1 Å². The molecule has 1 aliphatic heterocycles. The van der Waals surface area contributed by atoms with Gasteiger partial charge < -0.3 is 9.42 Å². The van der Waals surface area contributed by atoms with Crippen molar-refractivity contribution in [1.29, 1.82) is 0 Å². The Morgan fingerprint density at radius 3 is 2.89 bits per heavy atom. The van der Waals surface area contributed by atoms with Crippen molar-refractivity contribution in [1.82, 2.24) is 29.8 Å². The first-order valence-electron chi connectivity index (χ1n) is 9.32. The van der Waals surface area contributed by atoms with E-state index < -0.39 is 0 Å². The summed E-state index contributed by atoms with van der Waals surface area (Å²) < 4.78 is 7.14. The number of carbonyl (C=O) groups excluding carboxylic acids is 1. The first kappa shape index (κ1) is 17.4. The van der Waals surface area contributed by atoms with Crippen LogP contribution in [0, 0.1) is 0 Å². The van der Waals surface area contributed by atoms with Crippen LogP contribution in [0.15, 0.2) is 47.5 Å². The van der Waals surface area contributed by atoms with Crippen molar-refractivity contribution in [3.05, 3.63) is 48.8 Å². The highest BCUT2D eigenvalue weighted by atomic mass is 16.5. The number of nitrogens with zero attached hydrogens (tertiary/aromatic N) is 6. The zero-order valence-corrected chi connectivity index (χ0v) is 15.1. The maximum absolute atomic E-state index is 12.9. The molecule has 1 fully saturated rings. The normalized spacial score (nSPS) is 17.6. The summed E-state index contributed by atoms with van der Waals surface area (Å²) in [5.74, 6) is 1.16. The number of hydrogen-bond donors (Lipinski definition) is 0. The second-order valence-electron chi connectivity index (χ2n) is 6.68. The fourth-order valence-electron chi connectivity index (χ4n) is 3.45. The van der Waals surface area contributed by atoms with Crippen LogP contribution in [0.1, 0.15) is 44.0 Å². The Morgan fingerprint density at radius 2 is 2.07 bits per heavy atom. The van der Waals surface area contributed by atoms with Crippen molar-refractivity contribution in [2.75, 3.05) is 6.54 Å². The number of aromatic nitrogens is 5. The number of rotatable bonds is 5. The van der Waals surface area contributed by atoms with Gasteiger partial charge in [0, 0.05) is 18.5 Å². The summed E-state index contributed by atoms with van der Waals surface area (Å²) in [6.07, 6.45) is 7.47. The maximum Gasteiger partial charge on any atom is 0.257 e. The van der Waals surface area contributed by atoms with E-state index in [0.717, 1.165) is 37.8 Å². The molecule has 4 rings (SSSR count). The first-order chi connectivity index (χ1) is 13.3. The fourth-order valence-corrected chi connectivity index (χ4v) is 3.45. The Labute approximate surface area is 157 Å². The van der Waals surface area contributed by atoms with Crippen LogP contribution in [-0.2, 0) is 11.3 Å². The van der Waals surface area contributed by atoms with Crippen molar-refractivity contribution in [2.45, 2.75) is 44.7 Å². The molecular weight excluding hydrogens is 344 g/mol. The summed E-state index contributed by atoms with van der Waals surface area (Å²) in [7, 11) is 0. The van der Waals surface area contributed by atoms with E-state index in [2.05, 4.69) is 20.2 Å². The molecule has 0 N–H and O–H groups in total. The molecule has 1 aromatic carbocycles. The highest BCUT2D eigenvalue weighted by Gasteiger charge is 2.30. The van der Waals surface area contributed by atoms with E-state index in [1.165, 1.54) is 6.33 Å². The molecule has 0 aliphatic carbocycles. The van der Waals surface area contributed by atoms with E-state index in [4.69, 9.17) is 4.52 Å². The second kappa shape index (κ2) is 8.11. The molecule has 0 radical (unpaired) electrons. The fraction of sp³-hybridized carbons (Fsp3) is 0.421. The van der Waals surface area contributed by atoms with E-state index >= 15 is 0 Å². The monoisotopic (exact) mass is 366 g/mol. The van der Waals surface area contributed by atoms with Gasteiger partial charge in [-0.15, -0.1) is 0 Å². The number of likely N-dealkylation sites (tertiary alicyclic amines) is 1. The number of carbonyl (C=O) groups is 1. The smallest absolute Gasteiger partial charge is 0.257 e. The van der Waals surface area contributed by atoms with Crippen molar-refractivity contribution in [2.24, 2.45) is 0 Å². The lowest BCUT2D eigenvalue weighted by Gasteiger charge is -2.27. The Balaban J connectivity index is 1.51. The zero-order chi connectivity index (χ0) is 18.5. The van der Waals surface area contributed by atoms with Gasteiger partial charge in [0.2, 0.25) is 5.91 Å². The molecule has 140 valence electrons. The number of amides is 1. The highest BCUT2D eigenvalue weighted by molar-refractivity contribution is 5.76. The van der Waals surface area contributed by atoms with Gasteiger partial charge in [-0.25, -0.2) is 4.98 Å². The summed E-state index contributed by atoms with van der Waals surface area (Å²) in [5.41, 5.74) is 0.883. The van der Waals surface area contributed by atoms with Gasteiger partial charge in [0.15, 0.2) is 5.82 Å². The third-order valence-electron chi connectivity index (χ3n) is 4.86. The topological polar surface area (TPSA) is 89.9 Å². The second-order valence-corrected chi connectivity index (χ2v) is 6.68. The molecule has 0 saturated carbocycles. The van der Waals surface area contributed by atoms with Gasteiger partial charge in [-0.05, 0) is 25.0 Å². The molecule has 0 bridgehead atoms. The SMILES string of the molecule is O=C(CCn1cncn1)N1CCCCCC1c1noc(-c2ccccc2)n1. The predicted octanol–water partition coefficient (Wildman–Crippen LogP) is 2.86. The van der Waals surface area contributed by atoms with Crippen molar-refractivity contribution >= 4 is 5.91 Å². The van der Waals surface area contributed by atoms with Crippen LogP contribution in [0.25, 0.3) is 11.5 Å². The average Bonchev–Trinajstić information content (AvgIpc) is 3.35. The van der Waals surface area contributed by atoms with Gasteiger partial charge in [-0.1, -0.05) is 36.2 Å². The van der Waals surface area contributed by atoms with Crippen LogP contribution in [0.5, 0.6) is 0 Å². The zero-order valence-electron chi connectivity index (χ0n) is 15.1. The highest BCUT2D eigenvalue weighted by Crippen LogP contribution is 2.30. The number of aryl methyl sites for hydroxylation is 1. The van der Waals surface area contributed by atoms with E-state index in [1.807, 2.05) is 35.2 Å². The molecule has 3 heterocycles. The molecule has 8 heteroatoms. The molecule has 1 unspecified atom stereocenters. The van der Waals surface area contributed by atoms with Crippen molar-refractivity contribution in [3.63, 3.8) is 0 Å². The maximum atomic E-state index is 12.9. The Morgan fingerprint density at radius 1 is 1.19 bits per heavy atom. The molecule has 1 aliphatic rings. The van der Waals surface area contributed by atoms with Gasteiger partial charge in [0.05, 0.1) is 12.6 Å². The molecule has 0 spiro atoms. The molecule has 8 nitrogen and oxygen atoms in total. The number of benzene rings is 1. The van der Waals surface area contributed by atoms with Gasteiger partial charge in [0.1, 0.15) is 12.7 Å². The van der Waals surface area contributed by atoms with Crippen LogP contribution in [0.2, 0.25) is 0 Å². The Bertz CT molecular complexity index is 861. The summed E-state index contributed by atoms with van der Waals surface area (Å²) in [5, 5.41) is 8.25. The molecule has 1 saturated heterocycles. The van der Waals surface area contributed by atoms with Crippen LogP contribution < -0.4 is 0 Å². The Kier molecular flexibility index (Phi) is 5.22. The summed E-state index contributed by atoms with van der Waals surface area (Å²) in [4.78, 5) is 23.3. The van der Waals surface area contributed by atoms with E-state index in [0.29, 0.717) is 24.7 Å². The molecule has 27 heavy (non-hydrogen) atoms. The minimum atomic E-state index is -0.142. The van der Waals surface area contributed by atoms with E-state index in [1.54, 1.807) is 11.0 Å². The Hall–Kier alpha value is -3.03. The summed E-state index contributed by atoms with van der Waals surface area (Å²) in [6.45, 7) is 1.24. The summed E-state index contributed by atoms with van der Waals surface area (Å²) in [6, 6.07) is 9.55. The third kappa shape index (κ3) is 4.05. The minimum Gasteiger partial charge on any atom is -0.334 e. The molecule has 2 aromatic heterocycles. The van der Waals surface area contributed by atoms with Gasteiger partial charge >= 0.3 is 0 Å². The van der Waals surface area contributed by atoms with Crippen LogP contribution >= 0.6 is 0 Å². The van der Waals surface area contributed by atoms with Crippen LogP contribution in [-0.4, -0.2) is 42.3 Å². The quantitative estimate of drug-likeness (QED) is 0.690. The first-order valence-corrected chi connectivity index (χ1v) is 9.32. The van der Waals surface area contributed by atoms with Crippen LogP contribution in [0.4, 0.5) is 0 Å². The van der Waals surface area contributed by atoms with Crippen molar-refractivity contribution in [3.8, 4) is 11.5 Å². The molecular formula is C19H22N6O2. The summed E-state index contributed by atoms with van der Waals surface area (Å²) >= 11 is 0. The molecule has 1 atom stereocenters. The standard InChI is InChI=1S/C19H22N6O2/c26-17(10-12-24-14-20-13-21-24)25-11-6-2-5-9-16(25)18-22-19(27-23-18)15-7-3-1-4-8-15/h1,3-4,7-8,13-14,16H,2,5-6,9-12H2. The van der Waals surface area contributed by atoms with Gasteiger partial charge in [-0.3, -0.25) is 9.48 Å². The predicted molar refractivity (Wildman–Crippen MR) is 97.3 cm³/mol. The van der Waals surface area contributed by atoms with Crippen molar-refractivity contribution < 1.29 is 9.32 Å². The molecule has 3 aromatic rings. The number of hydrogen-bond acceptors (Lipinski definition) is 6. The lowest BCUT2D eigenvalue weighted by atomic mass is 10.1. The lowest BCUT2D eigenvalue weighted by molar-refractivity contribution is -0.134. The van der Waals surface area contributed by atoms with Crippen LogP contribution in [0.3, 0.4) is 0 Å². The largest absolute Gasteiger partial charge is 0.334 e.